The third-order valence-corrected chi connectivity index (χ3v) is 1.25. The zero-order valence-electron chi connectivity index (χ0n) is 8.90. The molecule has 0 aliphatic carbocycles. The number of esters is 1. The van der Waals surface area contributed by atoms with Crippen LogP contribution in [0.3, 0.4) is 0 Å². The number of aromatic nitrogens is 1. The molecule has 0 fully saturated rings. The molecule has 0 saturated heterocycles. The number of rotatable bonds is 1. The number of carboxylic acid groups (broad SMARTS) is 1. The molecule has 96 valence electrons. The number of hydrogen-bond donors (Lipinski definition) is 3. The van der Waals surface area contributed by atoms with E-state index >= 15 is 0 Å². The SMILES string of the molecule is NC(=O)C(=O)O.NC(=O)C(=O)Oc1ccccn1. The molecule has 2 amide bonds. The first-order valence-electron chi connectivity index (χ1n) is 4.30. The Kier molecular flexibility index (Phi) is 6.12. The maximum absolute atomic E-state index is 10.6. The Morgan fingerprint density at radius 3 is 2.00 bits per heavy atom. The van der Waals surface area contributed by atoms with Gasteiger partial charge in [0, 0.05) is 12.3 Å². The molecule has 0 aromatic carbocycles. The zero-order valence-corrected chi connectivity index (χ0v) is 8.90. The number of nitrogens with zero attached hydrogens (tertiary/aromatic N) is 1. The molecule has 0 aliphatic heterocycles. The summed E-state index contributed by atoms with van der Waals surface area (Å²) in [7, 11) is 0. The molecule has 0 unspecified atom stereocenters. The minimum absolute atomic E-state index is 0.0568. The summed E-state index contributed by atoms with van der Waals surface area (Å²) in [5.41, 5.74) is 8.84. The fourth-order valence-electron chi connectivity index (χ4n) is 0.553. The highest BCUT2D eigenvalue weighted by Gasteiger charge is 2.11. The summed E-state index contributed by atoms with van der Waals surface area (Å²) in [6, 6.07) is 4.72. The van der Waals surface area contributed by atoms with Crippen LogP contribution in [-0.4, -0.2) is 33.8 Å². The maximum atomic E-state index is 10.6. The van der Waals surface area contributed by atoms with Crippen molar-refractivity contribution in [3.8, 4) is 5.88 Å². The molecule has 0 spiro atoms. The van der Waals surface area contributed by atoms with Gasteiger partial charge in [0.15, 0.2) is 0 Å². The van der Waals surface area contributed by atoms with Crippen molar-refractivity contribution in [3.05, 3.63) is 24.4 Å². The average Bonchev–Trinajstić information content (AvgIpc) is 2.30. The van der Waals surface area contributed by atoms with Crippen molar-refractivity contribution in [1.82, 2.24) is 4.98 Å². The second-order valence-electron chi connectivity index (χ2n) is 2.59. The van der Waals surface area contributed by atoms with Gasteiger partial charge in [0.25, 0.3) is 0 Å². The standard InChI is InChI=1S/C7H6N2O3.C2H3NO3/c8-6(10)7(11)12-5-3-1-2-4-9-5;3-1(4)2(5)6/h1-4H,(H2,8,10);(H2,3,4)(H,5,6). The van der Waals surface area contributed by atoms with Crippen LogP contribution in [0, 0.1) is 0 Å². The molecular formula is C9H9N3O6. The number of pyridine rings is 1. The molecule has 9 nitrogen and oxygen atoms in total. The lowest BCUT2D eigenvalue weighted by atomic mass is 10.5. The zero-order chi connectivity index (χ0) is 14.1. The van der Waals surface area contributed by atoms with Crippen LogP contribution in [-0.2, 0) is 19.2 Å². The Balaban J connectivity index is 0.000000411. The largest absolute Gasteiger partial charge is 0.474 e. The Morgan fingerprint density at radius 2 is 1.67 bits per heavy atom. The summed E-state index contributed by atoms with van der Waals surface area (Å²) in [6.45, 7) is 0. The van der Waals surface area contributed by atoms with Crippen molar-refractivity contribution in [2.45, 2.75) is 0 Å². The minimum Gasteiger partial charge on any atom is -0.474 e. The second kappa shape index (κ2) is 7.33. The molecule has 1 rings (SSSR count). The molecule has 9 heteroatoms. The van der Waals surface area contributed by atoms with Crippen LogP contribution < -0.4 is 16.2 Å². The van der Waals surface area contributed by atoms with Gasteiger partial charge in [-0.3, -0.25) is 9.59 Å². The van der Waals surface area contributed by atoms with Gasteiger partial charge in [-0.1, -0.05) is 6.07 Å². The summed E-state index contributed by atoms with van der Waals surface area (Å²) in [4.78, 5) is 43.0. The first-order chi connectivity index (χ1) is 8.34. The van der Waals surface area contributed by atoms with Gasteiger partial charge < -0.3 is 21.3 Å². The summed E-state index contributed by atoms with van der Waals surface area (Å²) in [5.74, 6) is -5.12. The lowest BCUT2D eigenvalue weighted by Gasteiger charge is -1.97. The fourth-order valence-corrected chi connectivity index (χ4v) is 0.553. The van der Waals surface area contributed by atoms with Gasteiger partial charge in [-0.15, -0.1) is 0 Å². The van der Waals surface area contributed by atoms with E-state index in [4.69, 9.17) is 5.11 Å². The van der Waals surface area contributed by atoms with Crippen molar-refractivity contribution in [2.75, 3.05) is 0 Å². The molecular weight excluding hydrogens is 246 g/mol. The molecule has 0 atom stereocenters. The van der Waals surface area contributed by atoms with Gasteiger partial charge in [-0.05, 0) is 6.07 Å². The van der Waals surface area contributed by atoms with Crippen LogP contribution in [0.5, 0.6) is 5.88 Å². The molecule has 0 aliphatic rings. The van der Waals surface area contributed by atoms with Crippen LogP contribution in [0.15, 0.2) is 24.4 Å². The molecule has 5 N–H and O–H groups in total. The van der Waals surface area contributed by atoms with Crippen molar-refractivity contribution >= 4 is 23.8 Å². The van der Waals surface area contributed by atoms with E-state index in [9.17, 15) is 19.2 Å². The molecule has 1 aromatic rings. The Labute approximate surface area is 100 Å². The van der Waals surface area contributed by atoms with Crippen molar-refractivity contribution in [2.24, 2.45) is 11.5 Å². The highest BCUT2D eigenvalue weighted by atomic mass is 16.5. The number of hydrogen-bond acceptors (Lipinski definition) is 6. The normalized spacial score (nSPS) is 8.44. The smallest absolute Gasteiger partial charge is 0.403 e. The molecule has 0 bridgehead atoms. The number of ether oxygens (including phenoxy) is 1. The third-order valence-electron chi connectivity index (χ3n) is 1.25. The predicted octanol–water partition coefficient (Wildman–Crippen LogP) is -1.97. The van der Waals surface area contributed by atoms with Crippen LogP contribution in [0.2, 0.25) is 0 Å². The van der Waals surface area contributed by atoms with Gasteiger partial charge in [0.05, 0.1) is 0 Å². The molecule has 18 heavy (non-hydrogen) atoms. The number of aliphatic carboxylic acids is 1. The van der Waals surface area contributed by atoms with Crippen molar-refractivity contribution in [3.63, 3.8) is 0 Å². The first kappa shape index (κ1) is 15.0. The Bertz CT molecular complexity index is 447. The summed E-state index contributed by atoms with van der Waals surface area (Å²) in [5, 5.41) is 7.52. The highest BCUT2D eigenvalue weighted by Crippen LogP contribution is 2.02. The van der Waals surface area contributed by atoms with Crippen molar-refractivity contribution in [1.29, 1.82) is 0 Å². The number of carbonyl (C=O) groups excluding carboxylic acids is 3. The number of amides is 2. The van der Waals surface area contributed by atoms with Crippen LogP contribution >= 0.6 is 0 Å². The summed E-state index contributed by atoms with van der Waals surface area (Å²) in [6.07, 6.45) is 1.43. The highest BCUT2D eigenvalue weighted by molar-refractivity contribution is 6.32. The van der Waals surface area contributed by atoms with E-state index in [0.717, 1.165) is 0 Å². The van der Waals surface area contributed by atoms with E-state index in [2.05, 4.69) is 21.2 Å². The number of carbonyl (C=O) groups is 4. The topological polar surface area (TPSA) is 163 Å². The second-order valence-corrected chi connectivity index (χ2v) is 2.59. The van der Waals surface area contributed by atoms with E-state index in [1.54, 1.807) is 12.1 Å². The van der Waals surface area contributed by atoms with Crippen molar-refractivity contribution < 1.29 is 29.0 Å². The van der Waals surface area contributed by atoms with Gasteiger partial charge in [0.2, 0.25) is 5.88 Å². The maximum Gasteiger partial charge on any atom is 0.403 e. The molecule has 1 heterocycles. The van der Waals surface area contributed by atoms with Gasteiger partial charge in [-0.2, -0.15) is 0 Å². The van der Waals surface area contributed by atoms with E-state index in [1.165, 1.54) is 12.3 Å². The first-order valence-corrected chi connectivity index (χ1v) is 4.30. The van der Waals surface area contributed by atoms with Crippen LogP contribution in [0.25, 0.3) is 0 Å². The molecule has 1 aromatic heterocycles. The monoisotopic (exact) mass is 255 g/mol. The molecule has 0 saturated carbocycles. The Hall–Kier alpha value is -2.97. The lowest BCUT2D eigenvalue weighted by Crippen LogP contribution is -2.27. The van der Waals surface area contributed by atoms with Crippen LogP contribution in [0.1, 0.15) is 0 Å². The molecule has 0 radical (unpaired) electrons. The van der Waals surface area contributed by atoms with E-state index in [0.29, 0.717) is 0 Å². The third kappa shape index (κ3) is 6.50. The summed E-state index contributed by atoms with van der Waals surface area (Å²) < 4.78 is 4.45. The average molecular weight is 255 g/mol. The fraction of sp³-hybridized carbons (Fsp3) is 0. The number of carboxylic acids is 1. The van der Waals surface area contributed by atoms with Gasteiger partial charge in [0.1, 0.15) is 0 Å². The van der Waals surface area contributed by atoms with E-state index in [1.807, 2.05) is 0 Å². The van der Waals surface area contributed by atoms with Crippen LogP contribution in [0.4, 0.5) is 0 Å². The summed E-state index contributed by atoms with van der Waals surface area (Å²) >= 11 is 0. The van der Waals surface area contributed by atoms with E-state index in [-0.39, 0.29) is 5.88 Å². The Morgan fingerprint density at radius 1 is 1.11 bits per heavy atom. The predicted molar refractivity (Wildman–Crippen MR) is 55.9 cm³/mol. The number of nitrogens with two attached hydrogens (primary N) is 2. The van der Waals surface area contributed by atoms with E-state index < -0.39 is 23.8 Å². The minimum atomic E-state index is -1.60. The van der Waals surface area contributed by atoms with Gasteiger partial charge in [-0.25, -0.2) is 14.6 Å². The quantitative estimate of drug-likeness (QED) is 0.387. The van der Waals surface area contributed by atoms with Gasteiger partial charge >= 0.3 is 23.8 Å². The number of primary amides is 2. The lowest BCUT2D eigenvalue weighted by molar-refractivity contribution is -0.148.